The quantitative estimate of drug-likeness (QED) is 0.828. The van der Waals surface area contributed by atoms with Crippen LogP contribution in [0, 0.1) is 0 Å². The highest BCUT2D eigenvalue weighted by Crippen LogP contribution is 2.31. The van der Waals surface area contributed by atoms with Crippen LogP contribution < -0.4 is 5.32 Å². The Bertz CT molecular complexity index is 963. The summed E-state index contributed by atoms with van der Waals surface area (Å²) >= 11 is 0. The van der Waals surface area contributed by atoms with Crippen molar-refractivity contribution < 1.29 is 13.2 Å². The number of likely N-dealkylation sites (N-methyl/N-ethyl adjacent to an activating group) is 1. The molecule has 1 saturated heterocycles. The second-order valence-corrected chi connectivity index (χ2v) is 10.4. The second kappa shape index (κ2) is 7.83. The maximum Gasteiger partial charge on any atom is 0.238 e. The van der Waals surface area contributed by atoms with Gasteiger partial charge in [0.1, 0.15) is 0 Å². The van der Waals surface area contributed by atoms with Crippen molar-refractivity contribution in [3.8, 4) is 0 Å². The van der Waals surface area contributed by atoms with Gasteiger partial charge in [-0.3, -0.25) is 9.69 Å². The summed E-state index contributed by atoms with van der Waals surface area (Å²) < 4.78 is 25.5. The number of hydrogen-bond donors (Lipinski definition) is 1. The van der Waals surface area contributed by atoms with Crippen molar-refractivity contribution in [2.75, 3.05) is 30.4 Å². The first kappa shape index (κ1) is 19.4. The van der Waals surface area contributed by atoms with E-state index in [1.54, 1.807) is 7.05 Å². The van der Waals surface area contributed by atoms with Crippen LogP contribution in [-0.4, -0.2) is 59.9 Å². The molecule has 4 rings (SSSR count). The molecule has 1 amide bonds. The Morgan fingerprint density at radius 1 is 1.25 bits per heavy atom. The van der Waals surface area contributed by atoms with E-state index in [0.29, 0.717) is 12.5 Å². The molecule has 1 aliphatic heterocycles. The maximum absolute atomic E-state index is 12.4. The van der Waals surface area contributed by atoms with Gasteiger partial charge >= 0.3 is 0 Å². The van der Waals surface area contributed by atoms with Crippen molar-refractivity contribution in [2.24, 2.45) is 0 Å². The van der Waals surface area contributed by atoms with Gasteiger partial charge in [0.05, 0.1) is 35.4 Å². The van der Waals surface area contributed by atoms with E-state index >= 15 is 0 Å². The Kier molecular flexibility index (Phi) is 5.42. The fourth-order valence-corrected chi connectivity index (χ4v) is 6.24. The Hall–Kier alpha value is -1.93. The average Bonchev–Trinajstić information content (AvgIpc) is 3.25. The van der Waals surface area contributed by atoms with Crippen molar-refractivity contribution in [2.45, 2.75) is 50.6 Å². The number of anilines is 1. The van der Waals surface area contributed by atoms with Crippen LogP contribution in [0.5, 0.6) is 0 Å². The van der Waals surface area contributed by atoms with Crippen LogP contribution in [0.15, 0.2) is 24.5 Å². The van der Waals surface area contributed by atoms with Crippen LogP contribution >= 0.6 is 0 Å². The Morgan fingerprint density at radius 2 is 2.04 bits per heavy atom. The Labute approximate surface area is 166 Å². The van der Waals surface area contributed by atoms with E-state index in [9.17, 15) is 13.2 Å². The predicted octanol–water partition coefficient (Wildman–Crippen LogP) is 2.60. The summed E-state index contributed by atoms with van der Waals surface area (Å²) in [5, 5.41) is 2.92. The normalized spacial score (nSPS) is 22.7. The number of aromatic nitrogens is 2. The first-order valence-corrected chi connectivity index (χ1v) is 11.9. The number of nitrogens with one attached hydrogen (secondary N) is 1. The molecule has 1 N–H and O–H groups in total. The van der Waals surface area contributed by atoms with Crippen molar-refractivity contribution in [3.63, 3.8) is 0 Å². The van der Waals surface area contributed by atoms with Crippen LogP contribution in [0.3, 0.4) is 0 Å². The van der Waals surface area contributed by atoms with Crippen LogP contribution in [0.2, 0.25) is 0 Å². The highest BCUT2D eigenvalue weighted by atomic mass is 32.2. The molecule has 2 heterocycles. The van der Waals surface area contributed by atoms with Crippen LogP contribution in [-0.2, 0) is 14.6 Å². The Balaban J connectivity index is 1.40. The SMILES string of the molecule is CN(CC(=O)Nc1ccc2c(c1)ncn2C1CCCCC1)[C@H]1CCS(=O)(=O)C1. The molecule has 1 aromatic carbocycles. The molecule has 2 aliphatic rings. The number of amides is 1. The van der Waals surface area contributed by atoms with E-state index in [0.717, 1.165) is 16.7 Å². The molecular weight excluding hydrogens is 376 g/mol. The van der Waals surface area contributed by atoms with E-state index in [1.807, 2.05) is 29.4 Å². The first-order chi connectivity index (χ1) is 13.4. The molecule has 7 nitrogen and oxygen atoms in total. The largest absolute Gasteiger partial charge is 0.327 e. The number of nitrogens with zero attached hydrogens (tertiary/aromatic N) is 3. The smallest absolute Gasteiger partial charge is 0.238 e. The lowest BCUT2D eigenvalue weighted by Gasteiger charge is -2.23. The number of rotatable bonds is 5. The van der Waals surface area contributed by atoms with Gasteiger partial charge in [0.25, 0.3) is 0 Å². The van der Waals surface area contributed by atoms with E-state index in [4.69, 9.17) is 0 Å². The zero-order valence-electron chi connectivity index (χ0n) is 16.3. The van der Waals surface area contributed by atoms with Gasteiger partial charge in [-0.2, -0.15) is 0 Å². The van der Waals surface area contributed by atoms with E-state index < -0.39 is 9.84 Å². The summed E-state index contributed by atoms with van der Waals surface area (Å²) in [4.78, 5) is 18.8. The van der Waals surface area contributed by atoms with E-state index in [1.165, 1.54) is 32.1 Å². The summed E-state index contributed by atoms with van der Waals surface area (Å²) in [6.45, 7) is 0.175. The van der Waals surface area contributed by atoms with Crippen molar-refractivity contribution in [1.82, 2.24) is 14.5 Å². The van der Waals surface area contributed by atoms with Gasteiger partial charge in [0.2, 0.25) is 5.91 Å². The molecule has 152 valence electrons. The second-order valence-electron chi connectivity index (χ2n) is 8.17. The highest BCUT2D eigenvalue weighted by molar-refractivity contribution is 7.91. The number of sulfone groups is 1. The fraction of sp³-hybridized carbons (Fsp3) is 0.600. The molecule has 0 unspecified atom stereocenters. The van der Waals surface area contributed by atoms with Gasteiger partial charge in [-0.15, -0.1) is 0 Å². The third-order valence-electron chi connectivity index (χ3n) is 6.05. The third kappa shape index (κ3) is 4.22. The summed E-state index contributed by atoms with van der Waals surface area (Å²) in [6.07, 6.45) is 8.78. The zero-order valence-corrected chi connectivity index (χ0v) is 17.1. The summed E-state index contributed by atoms with van der Waals surface area (Å²) in [6, 6.07) is 6.30. The zero-order chi connectivity index (χ0) is 19.7. The summed E-state index contributed by atoms with van der Waals surface area (Å²) in [7, 11) is -1.14. The lowest BCUT2D eigenvalue weighted by atomic mass is 9.95. The van der Waals surface area contributed by atoms with Gasteiger partial charge < -0.3 is 9.88 Å². The summed E-state index contributed by atoms with van der Waals surface area (Å²) in [5.74, 6) is 0.212. The molecule has 2 aromatic rings. The molecule has 1 atom stereocenters. The minimum absolute atomic E-state index is 0.0792. The van der Waals surface area contributed by atoms with Crippen molar-refractivity contribution in [1.29, 1.82) is 0 Å². The molecular formula is C20H28N4O3S. The number of carbonyl (C=O) groups is 1. The minimum Gasteiger partial charge on any atom is -0.327 e. The van der Waals surface area contributed by atoms with Crippen LogP contribution in [0.1, 0.15) is 44.6 Å². The average molecular weight is 405 g/mol. The number of benzene rings is 1. The molecule has 0 radical (unpaired) electrons. The predicted molar refractivity (Wildman–Crippen MR) is 110 cm³/mol. The fourth-order valence-electron chi connectivity index (χ4n) is 4.44. The first-order valence-electron chi connectivity index (χ1n) is 10.1. The van der Waals surface area contributed by atoms with Gasteiger partial charge in [0.15, 0.2) is 9.84 Å². The Morgan fingerprint density at radius 3 is 2.75 bits per heavy atom. The number of carbonyl (C=O) groups excluding carboxylic acids is 1. The lowest BCUT2D eigenvalue weighted by Crippen LogP contribution is -2.38. The van der Waals surface area contributed by atoms with Gasteiger partial charge in [-0.1, -0.05) is 19.3 Å². The topological polar surface area (TPSA) is 84.3 Å². The molecule has 0 bridgehead atoms. The number of hydrogen-bond acceptors (Lipinski definition) is 5. The number of imidazole rings is 1. The van der Waals surface area contributed by atoms with Crippen molar-refractivity contribution >= 4 is 32.5 Å². The van der Waals surface area contributed by atoms with Crippen molar-refractivity contribution in [3.05, 3.63) is 24.5 Å². The lowest BCUT2D eigenvalue weighted by molar-refractivity contribution is -0.117. The minimum atomic E-state index is -2.95. The molecule has 0 spiro atoms. The van der Waals surface area contributed by atoms with Crippen LogP contribution in [0.25, 0.3) is 11.0 Å². The molecule has 1 aliphatic carbocycles. The molecule has 1 aromatic heterocycles. The molecule has 28 heavy (non-hydrogen) atoms. The molecule has 8 heteroatoms. The molecule has 1 saturated carbocycles. The highest BCUT2D eigenvalue weighted by Gasteiger charge is 2.31. The maximum atomic E-state index is 12.4. The van der Waals surface area contributed by atoms with E-state index in [2.05, 4.69) is 14.9 Å². The van der Waals surface area contributed by atoms with Crippen LogP contribution in [0.4, 0.5) is 5.69 Å². The molecule has 2 fully saturated rings. The van der Waals surface area contributed by atoms with E-state index in [-0.39, 0.29) is 30.0 Å². The van der Waals surface area contributed by atoms with Gasteiger partial charge in [-0.05, 0) is 44.5 Å². The van der Waals surface area contributed by atoms with Gasteiger partial charge in [0, 0.05) is 17.8 Å². The number of fused-ring (bicyclic) bond motifs is 1. The van der Waals surface area contributed by atoms with Gasteiger partial charge in [-0.25, -0.2) is 13.4 Å². The monoisotopic (exact) mass is 404 g/mol. The standard InChI is InChI=1S/C20H28N4O3S/c1-23(17-9-10-28(26,27)13-17)12-20(25)22-15-7-8-19-18(11-15)21-14-24(19)16-5-3-2-4-6-16/h7-8,11,14,16-17H,2-6,9-10,12-13H2,1H3,(H,22,25)/t17-/m0/s1. The summed E-state index contributed by atoms with van der Waals surface area (Å²) in [5.41, 5.74) is 2.72. The third-order valence-corrected chi connectivity index (χ3v) is 7.80.